The minimum Gasteiger partial charge on any atom is -0.494 e. The maximum Gasteiger partial charge on any atom is 0.325 e. The van der Waals surface area contributed by atoms with Crippen LogP contribution in [0.2, 0.25) is 0 Å². The van der Waals surface area contributed by atoms with Crippen molar-refractivity contribution in [3.8, 4) is 17.1 Å². The fourth-order valence-corrected chi connectivity index (χ4v) is 3.37. The second-order valence-electron chi connectivity index (χ2n) is 6.72. The largest absolute Gasteiger partial charge is 0.494 e. The van der Waals surface area contributed by atoms with Gasteiger partial charge in [0, 0.05) is 11.3 Å². The second kappa shape index (κ2) is 9.98. The van der Waals surface area contributed by atoms with Crippen LogP contribution in [0.3, 0.4) is 0 Å². The Labute approximate surface area is 184 Å². The fourth-order valence-electron chi connectivity index (χ4n) is 2.71. The number of aromatic nitrogens is 3. The number of carbonyl (C=O) groups is 2. The van der Waals surface area contributed by atoms with Gasteiger partial charge in [-0.3, -0.25) is 10.1 Å². The molecule has 0 radical (unpaired) electrons. The van der Waals surface area contributed by atoms with E-state index in [4.69, 9.17) is 10.6 Å². The highest BCUT2D eigenvalue weighted by molar-refractivity contribution is 7.99. The van der Waals surface area contributed by atoms with Crippen molar-refractivity contribution in [1.29, 1.82) is 0 Å². The van der Waals surface area contributed by atoms with E-state index in [1.165, 1.54) is 4.68 Å². The molecule has 3 aromatic rings. The minimum atomic E-state index is -0.599. The Morgan fingerprint density at radius 2 is 1.84 bits per heavy atom. The van der Waals surface area contributed by atoms with E-state index in [2.05, 4.69) is 20.8 Å². The number of hydrogen-bond acceptors (Lipinski definition) is 7. The van der Waals surface area contributed by atoms with Crippen LogP contribution in [0.4, 0.5) is 10.5 Å². The highest BCUT2D eigenvalue weighted by atomic mass is 32.2. The molecular weight excluding hydrogens is 416 g/mol. The third kappa shape index (κ3) is 5.76. The lowest BCUT2D eigenvalue weighted by atomic mass is 10.1. The first-order valence-corrected chi connectivity index (χ1v) is 10.6. The maximum atomic E-state index is 12.1. The zero-order chi connectivity index (χ0) is 22.4. The molecule has 2 aromatic carbocycles. The van der Waals surface area contributed by atoms with Gasteiger partial charge in [0.1, 0.15) is 5.75 Å². The van der Waals surface area contributed by atoms with Gasteiger partial charge in [-0.15, -0.1) is 10.2 Å². The second-order valence-corrected chi connectivity index (χ2v) is 7.67. The first kappa shape index (κ1) is 22.2. The van der Waals surface area contributed by atoms with Crippen molar-refractivity contribution in [2.24, 2.45) is 0 Å². The maximum absolute atomic E-state index is 12.1. The number of amides is 3. The molecule has 0 spiro atoms. The number of nitrogens with one attached hydrogen (secondary N) is 2. The Morgan fingerprint density at radius 3 is 2.52 bits per heavy atom. The van der Waals surface area contributed by atoms with Crippen LogP contribution >= 0.6 is 11.8 Å². The van der Waals surface area contributed by atoms with Crippen molar-refractivity contribution in [2.45, 2.75) is 25.9 Å². The van der Waals surface area contributed by atoms with Gasteiger partial charge < -0.3 is 15.9 Å². The summed E-state index contributed by atoms with van der Waals surface area (Å²) in [5.74, 6) is 6.77. The molecule has 1 heterocycles. The van der Waals surface area contributed by atoms with E-state index in [9.17, 15) is 9.59 Å². The summed E-state index contributed by atoms with van der Waals surface area (Å²) in [5, 5.41) is 13.4. The molecule has 1 aromatic heterocycles. The molecule has 9 nitrogen and oxygen atoms in total. The van der Waals surface area contributed by atoms with Crippen LogP contribution in [-0.4, -0.2) is 39.2 Å². The highest BCUT2D eigenvalue weighted by Crippen LogP contribution is 2.23. The minimum absolute atomic E-state index is 0.0427. The van der Waals surface area contributed by atoms with E-state index in [1.54, 1.807) is 6.07 Å². The van der Waals surface area contributed by atoms with E-state index >= 15 is 0 Å². The van der Waals surface area contributed by atoms with Gasteiger partial charge >= 0.3 is 6.03 Å². The van der Waals surface area contributed by atoms with E-state index in [0.717, 1.165) is 34.2 Å². The Balaban J connectivity index is 1.54. The molecule has 0 atom stereocenters. The van der Waals surface area contributed by atoms with Gasteiger partial charge in [-0.1, -0.05) is 17.8 Å². The molecule has 3 amide bonds. The molecular formula is C21H24N6O3S. The van der Waals surface area contributed by atoms with Crippen LogP contribution < -0.4 is 21.2 Å². The summed E-state index contributed by atoms with van der Waals surface area (Å²) in [4.78, 5) is 24.2. The van der Waals surface area contributed by atoms with Crippen molar-refractivity contribution >= 4 is 29.4 Å². The van der Waals surface area contributed by atoms with Crippen LogP contribution in [-0.2, 0) is 4.79 Å². The Morgan fingerprint density at radius 1 is 1.10 bits per heavy atom. The number of nitrogens with two attached hydrogens (primary N) is 1. The van der Waals surface area contributed by atoms with Gasteiger partial charge in [-0.25, -0.2) is 9.47 Å². The van der Waals surface area contributed by atoms with Gasteiger partial charge in [0.25, 0.3) is 0 Å². The zero-order valence-corrected chi connectivity index (χ0v) is 18.3. The molecule has 0 aliphatic rings. The molecule has 0 bridgehead atoms. The molecule has 10 heteroatoms. The summed E-state index contributed by atoms with van der Waals surface area (Å²) < 4.78 is 6.73. The number of imide groups is 1. The van der Waals surface area contributed by atoms with Gasteiger partial charge in [0.05, 0.1) is 12.4 Å². The molecule has 4 N–H and O–H groups in total. The molecule has 31 heavy (non-hydrogen) atoms. The predicted molar refractivity (Wildman–Crippen MR) is 121 cm³/mol. The van der Waals surface area contributed by atoms with E-state index < -0.39 is 11.9 Å². The predicted octanol–water partition coefficient (Wildman–Crippen LogP) is 3.11. The number of anilines is 1. The molecule has 0 fully saturated rings. The van der Waals surface area contributed by atoms with Gasteiger partial charge in [-0.2, -0.15) is 0 Å². The number of nitrogen functional groups attached to an aromatic ring is 1. The number of nitrogens with zero attached hydrogens (tertiary/aromatic N) is 3. The zero-order valence-electron chi connectivity index (χ0n) is 17.5. The molecule has 0 unspecified atom stereocenters. The Kier molecular flexibility index (Phi) is 7.14. The van der Waals surface area contributed by atoms with Crippen LogP contribution in [0.1, 0.15) is 18.1 Å². The Hall–Kier alpha value is -3.53. The number of benzene rings is 2. The molecule has 162 valence electrons. The number of carbonyl (C=O) groups excluding carboxylic acids is 2. The lowest BCUT2D eigenvalue weighted by Gasteiger charge is -2.08. The molecule has 0 aliphatic heterocycles. The third-order valence-corrected chi connectivity index (χ3v) is 5.38. The van der Waals surface area contributed by atoms with Crippen LogP contribution in [0.15, 0.2) is 47.6 Å². The summed E-state index contributed by atoms with van der Waals surface area (Å²) >= 11 is 1.08. The summed E-state index contributed by atoms with van der Waals surface area (Å²) in [6, 6.07) is 12.2. The summed E-state index contributed by atoms with van der Waals surface area (Å²) in [6.45, 7) is 6.43. The first-order valence-electron chi connectivity index (χ1n) is 9.62. The van der Waals surface area contributed by atoms with Crippen molar-refractivity contribution in [3.05, 3.63) is 53.6 Å². The smallest absolute Gasteiger partial charge is 0.325 e. The number of urea groups is 1. The van der Waals surface area contributed by atoms with Gasteiger partial charge in [0.2, 0.25) is 11.1 Å². The van der Waals surface area contributed by atoms with Crippen molar-refractivity contribution in [1.82, 2.24) is 20.2 Å². The van der Waals surface area contributed by atoms with Crippen LogP contribution in [0.5, 0.6) is 5.75 Å². The molecule has 0 saturated heterocycles. The summed E-state index contributed by atoms with van der Waals surface area (Å²) in [5.41, 5.74) is 3.55. The standard InChI is InChI=1S/C21H24N6O3S/c1-4-30-17-9-6-15(7-10-17)19-25-26-21(27(19)22)31-12-18(28)24-20(29)23-16-8-5-13(2)14(3)11-16/h5-11H,4,12,22H2,1-3H3,(H2,23,24,28,29). The van der Waals surface area contributed by atoms with Crippen molar-refractivity contribution < 1.29 is 14.3 Å². The number of ether oxygens (including phenoxy) is 1. The quantitative estimate of drug-likeness (QED) is 0.381. The third-order valence-electron chi connectivity index (χ3n) is 4.44. The SMILES string of the molecule is CCOc1ccc(-c2nnc(SCC(=O)NC(=O)Nc3ccc(C)c(C)c3)n2N)cc1. The molecule has 3 rings (SSSR count). The monoisotopic (exact) mass is 440 g/mol. The molecule has 0 aliphatic carbocycles. The number of rotatable bonds is 7. The molecule has 0 saturated carbocycles. The van der Waals surface area contributed by atoms with Crippen LogP contribution in [0.25, 0.3) is 11.4 Å². The van der Waals surface area contributed by atoms with Crippen molar-refractivity contribution in [3.63, 3.8) is 0 Å². The van der Waals surface area contributed by atoms with Crippen LogP contribution in [0, 0.1) is 13.8 Å². The van der Waals surface area contributed by atoms with Gasteiger partial charge in [0.15, 0.2) is 5.82 Å². The van der Waals surface area contributed by atoms with E-state index in [1.807, 2.05) is 57.2 Å². The first-order chi connectivity index (χ1) is 14.9. The average Bonchev–Trinajstić information content (AvgIpc) is 3.10. The lowest BCUT2D eigenvalue weighted by molar-refractivity contribution is -0.117. The highest BCUT2D eigenvalue weighted by Gasteiger charge is 2.15. The van der Waals surface area contributed by atoms with Crippen molar-refractivity contribution in [2.75, 3.05) is 23.5 Å². The normalized spacial score (nSPS) is 10.5. The average molecular weight is 441 g/mol. The summed E-state index contributed by atoms with van der Waals surface area (Å²) in [7, 11) is 0. The number of hydrogen-bond donors (Lipinski definition) is 3. The topological polar surface area (TPSA) is 124 Å². The fraction of sp³-hybridized carbons (Fsp3) is 0.238. The Bertz CT molecular complexity index is 1080. The van der Waals surface area contributed by atoms with Gasteiger partial charge in [-0.05, 0) is 68.3 Å². The number of aryl methyl sites for hydroxylation is 2. The number of thioether (sulfide) groups is 1. The van der Waals surface area contributed by atoms with E-state index in [-0.39, 0.29) is 5.75 Å². The summed E-state index contributed by atoms with van der Waals surface area (Å²) in [6.07, 6.45) is 0. The van der Waals surface area contributed by atoms with E-state index in [0.29, 0.717) is 23.3 Å². The lowest BCUT2D eigenvalue weighted by Crippen LogP contribution is -2.35.